The summed E-state index contributed by atoms with van der Waals surface area (Å²) in [7, 11) is 0. The van der Waals surface area contributed by atoms with Gasteiger partial charge >= 0.3 is 0 Å². The van der Waals surface area contributed by atoms with Crippen molar-refractivity contribution in [1.82, 2.24) is 4.90 Å². The smallest absolute Gasteiger partial charge is 0.0812 e. The Morgan fingerprint density at radius 2 is 1.90 bits per heavy atom. The van der Waals surface area contributed by atoms with Crippen LogP contribution in [0, 0.1) is 0 Å². The second-order valence-corrected chi connectivity index (χ2v) is 2.89. The molecule has 0 saturated carbocycles. The molecule has 1 unspecified atom stereocenters. The van der Waals surface area contributed by atoms with Crippen molar-refractivity contribution in [2.75, 3.05) is 19.6 Å². The second kappa shape index (κ2) is 5.96. The number of halogens is 1. The van der Waals surface area contributed by atoms with Gasteiger partial charge in [0, 0.05) is 6.54 Å². The van der Waals surface area contributed by atoms with Gasteiger partial charge in [-0.3, -0.25) is 0 Å². The van der Waals surface area contributed by atoms with Crippen LogP contribution in [0.15, 0.2) is 0 Å². The van der Waals surface area contributed by atoms with Crippen molar-refractivity contribution in [3.8, 4) is 0 Å². The van der Waals surface area contributed by atoms with Crippen LogP contribution >= 0.6 is 11.6 Å². The van der Waals surface area contributed by atoms with Crippen molar-refractivity contribution in [2.45, 2.75) is 25.8 Å². The average Bonchev–Trinajstić information content (AvgIpc) is 1.90. The molecular formula is C7H17ClN2. The zero-order chi connectivity index (χ0) is 7.98. The van der Waals surface area contributed by atoms with Crippen molar-refractivity contribution < 1.29 is 0 Å². The van der Waals surface area contributed by atoms with Gasteiger partial charge in [-0.1, -0.05) is 13.8 Å². The molecule has 1 atom stereocenters. The van der Waals surface area contributed by atoms with Gasteiger partial charge in [-0.15, -0.1) is 11.6 Å². The molecule has 0 rings (SSSR count). The lowest BCUT2D eigenvalue weighted by Crippen LogP contribution is -2.27. The quantitative estimate of drug-likeness (QED) is 0.490. The Morgan fingerprint density at radius 3 is 2.20 bits per heavy atom. The molecule has 0 aliphatic rings. The first-order valence-electron chi connectivity index (χ1n) is 3.82. The van der Waals surface area contributed by atoms with Crippen molar-refractivity contribution in [2.24, 2.45) is 5.73 Å². The standard InChI is InChI=1S/C7H17ClN2/c1-3-10(4-2)6-5-7(8)9/h7H,3-6,9H2,1-2H3. The maximum absolute atomic E-state index is 5.59. The molecule has 0 spiro atoms. The summed E-state index contributed by atoms with van der Waals surface area (Å²) >= 11 is 5.59. The normalized spacial score (nSPS) is 14.1. The maximum Gasteiger partial charge on any atom is 0.0812 e. The minimum Gasteiger partial charge on any atom is -0.315 e. The molecular weight excluding hydrogens is 148 g/mol. The lowest BCUT2D eigenvalue weighted by atomic mass is 10.4. The second-order valence-electron chi connectivity index (χ2n) is 2.33. The molecule has 3 heteroatoms. The topological polar surface area (TPSA) is 29.3 Å². The molecule has 0 aliphatic carbocycles. The summed E-state index contributed by atoms with van der Waals surface area (Å²) in [6.07, 6.45) is 0.878. The summed E-state index contributed by atoms with van der Waals surface area (Å²) < 4.78 is 0. The van der Waals surface area contributed by atoms with Gasteiger partial charge in [0.05, 0.1) is 5.50 Å². The summed E-state index contributed by atoms with van der Waals surface area (Å²) in [6.45, 7) is 7.46. The number of hydrogen-bond donors (Lipinski definition) is 1. The fourth-order valence-electron chi connectivity index (χ4n) is 0.846. The molecule has 0 radical (unpaired) electrons. The number of nitrogens with two attached hydrogens (primary N) is 1. The van der Waals surface area contributed by atoms with Crippen LogP contribution < -0.4 is 5.73 Å². The van der Waals surface area contributed by atoms with Crippen LogP contribution in [0.25, 0.3) is 0 Å². The van der Waals surface area contributed by atoms with E-state index in [4.69, 9.17) is 17.3 Å². The van der Waals surface area contributed by atoms with E-state index in [1.165, 1.54) is 0 Å². The van der Waals surface area contributed by atoms with Crippen molar-refractivity contribution in [3.05, 3.63) is 0 Å². The number of alkyl halides is 1. The largest absolute Gasteiger partial charge is 0.315 e. The Morgan fingerprint density at radius 1 is 1.40 bits per heavy atom. The van der Waals surface area contributed by atoms with Crippen molar-refractivity contribution in [1.29, 1.82) is 0 Å². The van der Waals surface area contributed by atoms with Gasteiger partial charge in [-0.25, -0.2) is 0 Å². The van der Waals surface area contributed by atoms with Crippen LogP contribution in [-0.4, -0.2) is 30.0 Å². The van der Waals surface area contributed by atoms with Crippen molar-refractivity contribution in [3.63, 3.8) is 0 Å². The van der Waals surface area contributed by atoms with E-state index >= 15 is 0 Å². The van der Waals surface area contributed by atoms with Crippen LogP contribution in [0.5, 0.6) is 0 Å². The zero-order valence-electron chi connectivity index (χ0n) is 6.81. The average molecular weight is 165 g/mol. The molecule has 0 heterocycles. The molecule has 10 heavy (non-hydrogen) atoms. The maximum atomic E-state index is 5.59. The summed E-state index contributed by atoms with van der Waals surface area (Å²) in [5.74, 6) is 0. The van der Waals surface area contributed by atoms with E-state index in [1.54, 1.807) is 0 Å². The lowest BCUT2D eigenvalue weighted by Gasteiger charge is -2.17. The SMILES string of the molecule is CCN(CC)CCC(N)Cl. The van der Waals surface area contributed by atoms with Crippen molar-refractivity contribution >= 4 is 11.6 Å². The summed E-state index contributed by atoms with van der Waals surface area (Å²) in [4.78, 5) is 2.31. The lowest BCUT2D eigenvalue weighted by molar-refractivity contribution is 0.298. The van der Waals surface area contributed by atoms with Gasteiger partial charge < -0.3 is 10.6 Å². The van der Waals surface area contributed by atoms with E-state index in [0.29, 0.717) is 0 Å². The molecule has 2 N–H and O–H groups in total. The third-order valence-electron chi connectivity index (χ3n) is 1.62. The van der Waals surface area contributed by atoms with Gasteiger partial charge in [0.15, 0.2) is 0 Å². The highest BCUT2D eigenvalue weighted by molar-refractivity contribution is 6.20. The van der Waals surface area contributed by atoms with E-state index in [1.807, 2.05) is 0 Å². The molecule has 0 aromatic carbocycles. The first-order valence-corrected chi connectivity index (χ1v) is 4.26. The summed E-state index contributed by atoms with van der Waals surface area (Å²) in [5, 5.41) is 0. The first-order chi connectivity index (χ1) is 4.70. The Hall–Kier alpha value is 0.210. The first kappa shape index (κ1) is 10.2. The van der Waals surface area contributed by atoms with Gasteiger partial charge in [0.1, 0.15) is 0 Å². The molecule has 2 nitrogen and oxygen atoms in total. The van der Waals surface area contributed by atoms with Gasteiger partial charge in [0.25, 0.3) is 0 Å². The van der Waals surface area contributed by atoms with Crippen LogP contribution in [0.1, 0.15) is 20.3 Å². The van der Waals surface area contributed by atoms with Gasteiger partial charge in [-0.2, -0.15) is 0 Å². The molecule has 0 aromatic rings. The Bertz CT molecular complexity index is 72.0. The van der Waals surface area contributed by atoms with Gasteiger partial charge in [-0.05, 0) is 19.5 Å². The van der Waals surface area contributed by atoms with Crippen LogP contribution in [-0.2, 0) is 0 Å². The third-order valence-corrected chi connectivity index (χ3v) is 1.83. The number of hydrogen-bond acceptors (Lipinski definition) is 2. The summed E-state index contributed by atoms with van der Waals surface area (Å²) in [5.41, 5.74) is 5.21. The zero-order valence-corrected chi connectivity index (χ0v) is 7.56. The highest BCUT2D eigenvalue weighted by Crippen LogP contribution is 1.96. The van der Waals surface area contributed by atoms with E-state index < -0.39 is 0 Å². The monoisotopic (exact) mass is 164 g/mol. The van der Waals surface area contributed by atoms with E-state index in [-0.39, 0.29) is 5.50 Å². The Balaban J connectivity index is 3.26. The fourth-order valence-corrected chi connectivity index (χ4v) is 0.943. The number of rotatable bonds is 5. The molecule has 0 amide bonds. The summed E-state index contributed by atoms with van der Waals surface area (Å²) in [6, 6.07) is 0. The predicted molar refractivity (Wildman–Crippen MR) is 46.2 cm³/mol. The van der Waals surface area contributed by atoms with E-state index in [2.05, 4.69) is 18.7 Å². The van der Waals surface area contributed by atoms with Gasteiger partial charge in [0.2, 0.25) is 0 Å². The molecule has 0 aliphatic heterocycles. The third kappa shape index (κ3) is 5.03. The minimum absolute atomic E-state index is 0.180. The van der Waals surface area contributed by atoms with Crippen LogP contribution in [0.3, 0.4) is 0 Å². The van der Waals surface area contributed by atoms with Crippen LogP contribution in [0.2, 0.25) is 0 Å². The van der Waals surface area contributed by atoms with E-state index in [9.17, 15) is 0 Å². The molecule has 0 bridgehead atoms. The Kier molecular flexibility index (Phi) is 6.08. The minimum atomic E-state index is -0.180. The fraction of sp³-hybridized carbons (Fsp3) is 1.00. The molecule has 0 aromatic heterocycles. The highest BCUT2D eigenvalue weighted by atomic mass is 35.5. The molecule has 62 valence electrons. The number of nitrogens with zero attached hydrogens (tertiary/aromatic N) is 1. The molecule has 0 saturated heterocycles. The predicted octanol–water partition coefficient (Wildman–Crippen LogP) is 1.24. The highest BCUT2D eigenvalue weighted by Gasteiger charge is 2.00. The molecule has 0 fully saturated rings. The Labute approximate surface area is 68.3 Å². The van der Waals surface area contributed by atoms with E-state index in [0.717, 1.165) is 26.1 Å². The van der Waals surface area contributed by atoms with Crippen LogP contribution in [0.4, 0.5) is 0 Å².